The molecule has 3 aromatic rings. The van der Waals surface area contributed by atoms with E-state index in [1.165, 1.54) is 11.1 Å². The van der Waals surface area contributed by atoms with Crippen molar-refractivity contribution < 1.29 is 9.90 Å². The normalized spacial score (nSPS) is 18.8. The molecule has 0 bridgehead atoms. The number of hydrogen-bond donors (Lipinski definition) is 3. The summed E-state index contributed by atoms with van der Waals surface area (Å²) >= 11 is 0. The number of β-amino-alcohol motifs (C(OH)–C–C–N with tert-alkyl or cyclic N) is 1. The lowest BCUT2D eigenvalue weighted by Crippen LogP contribution is -2.65. The molecular formula is C27H35N7O2. The largest absolute Gasteiger partial charge is 0.386 e. The number of carbonyl (C=O) groups excluding carboxylic acids is 1. The van der Waals surface area contributed by atoms with E-state index in [1.807, 2.05) is 19.3 Å². The lowest BCUT2D eigenvalue weighted by molar-refractivity contribution is -0.0885. The highest BCUT2D eigenvalue weighted by atomic mass is 16.3. The number of carbonyl (C=O) groups is 1. The van der Waals surface area contributed by atoms with Gasteiger partial charge in [0.1, 0.15) is 5.60 Å². The quantitative estimate of drug-likeness (QED) is 0.448. The molecule has 2 aromatic heterocycles. The van der Waals surface area contributed by atoms with Crippen LogP contribution in [0, 0.1) is 5.92 Å². The molecule has 0 spiro atoms. The van der Waals surface area contributed by atoms with Crippen LogP contribution in [0.3, 0.4) is 0 Å². The number of aromatic nitrogens is 4. The Morgan fingerprint density at radius 3 is 2.83 bits per heavy atom. The van der Waals surface area contributed by atoms with Gasteiger partial charge in [0.25, 0.3) is 0 Å². The van der Waals surface area contributed by atoms with E-state index in [1.54, 1.807) is 22.0 Å². The van der Waals surface area contributed by atoms with Crippen molar-refractivity contribution in [3.63, 3.8) is 0 Å². The van der Waals surface area contributed by atoms with Crippen LogP contribution in [0.5, 0.6) is 0 Å². The first-order chi connectivity index (χ1) is 17.3. The van der Waals surface area contributed by atoms with E-state index in [0.717, 1.165) is 42.6 Å². The first-order valence-corrected chi connectivity index (χ1v) is 12.8. The SMILES string of the molecule is CC(C)CC1(O)CN(C(=O)NC2CCCCc3cc(-c4ccnc(Nc5cnn(C)c5)n4)ccc32)C1. The molecular weight excluding hydrogens is 454 g/mol. The number of amides is 2. The molecule has 9 nitrogen and oxygen atoms in total. The third-order valence-electron chi connectivity index (χ3n) is 6.96. The number of nitrogens with zero attached hydrogens (tertiary/aromatic N) is 5. The highest BCUT2D eigenvalue weighted by molar-refractivity contribution is 5.76. The Hall–Kier alpha value is -3.46. The Morgan fingerprint density at radius 1 is 1.25 bits per heavy atom. The van der Waals surface area contributed by atoms with Gasteiger partial charge in [-0.15, -0.1) is 0 Å². The third kappa shape index (κ3) is 5.36. The monoisotopic (exact) mass is 489 g/mol. The predicted molar refractivity (Wildman–Crippen MR) is 139 cm³/mol. The number of nitrogens with one attached hydrogen (secondary N) is 2. The number of urea groups is 1. The molecule has 5 rings (SSSR count). The molecule has 1 aliphatic heterocycles. The van der Waals surface area contributed by atoms with Crippen molar-refractivity contribution in [2.24, 2.45) is 13.0 Å². The van der Waals surface area contributed by atoms with Gasteiger partial charge < -0.3 is 20.6 Å². The fourth-order valence-electron chi connectivity index (χ4n) is 5.42. The van der Waals surface area contributed by atoms with Crippen LogP contribution in [-0.4, -0.2) is 54.5 Å². The summed E-state index contributed by atoms with van der Waals surface area (Å²) in [6, 6.07) is 8.19. The molecule has 1 saturated heterocycles. The highest BCUT2D eigenvalue weighted by Gasteiger charge is 2.44. The van der Waals surface area contributed by atoms with Gasteiger partial charge in [-0.3, -0.25) is 4.68 Å². The Kier molecular flexibility index (Phi) is 6.66. The second kappa shape index (κ2) is 9.89. The zero-order valence-electron chi connectivity index (χ0n) is 21.2. The minimum absolute atomic E-state index is 0.0314. The molecule has 2 amide bonds. The topological polar surface area (TPSA) is 108 Å². The van der Waals surface area contributed by atoms with Gasteiger partial charge in [0.2, 0.25) is 5.95 Å². The molecule has 1 fully saturated rings. The second-order valence-corrected chi connectivity index (χ2v) is 10.6. The van der Waals surface area contributed by atoms with E-state index < -0.39 is 5.60 Å². The van der Waals surface area contributed by atoms with Gasteiger partial charge in [-0.05, 0) is 54.9 Å². The van der Waals surface area contributed by atoms with E-state index >= 15 is 0 Å². The average molecular weight is 490 g/mol. The molecule has 190 valence electrons. The van der Waals surface area contributed by atoms with E-state index in [0.29, 0.717) is 31.4 Å². The van der Waals surface area contributed by atoms with Crippen LogP contribution in [0.2, 0.25) is 0 Å². The van der Waals surface area contributed by atoms with Gasteiger partial charge in [-0.25, -0.2) is 14.8 Å². The zero-order valence-corrected chi connectivity index (χ0v) is 21.2. The van der Waals surface area contributed by atoms with Crippen molar-refractivity contribution >= 4 is 17.7 Å². The molecule has 36 heavy (non-hydrogen) atoms. The van der Waals surface area contributed by atoms with Crippen molar-refractivity contribution in [2.45, 2.75) is 57.6 Å². The maximum atomic E-state index is 12.9. The summed E-state index contributed by atoms with van der Waals surface area (Å²) in [5.41, 5.74) is 4.37. The van der Waals surface area contributed by atoms with Crippen LogP contribution in [-0.2, 0) is 13.5 Å². The van der Waals surface area contributed by atoms with E-state index in [-0.39, 0.29) is 12.1 Å². The summed E-state index contributed by atoms with van der Waals surface area (Å²) in [6.07, 6.45) is 10.1. The number of rotatable bonds is 6. The Bertz CT molecular complexity index is 1230. The van der Waals surface area contributed by atoms with Gasteiger partial charge in [0.05, 0.1) is 36.7 Å². The molecule has 1 atom stereocenters. The molecule has 0 saturated carbocycles. The molecule has 3 heterocycles. The number of aliphatic hydroxyl groups is 1. The van der Waals surface area contributed by atoms with Crippen LogP contribution in [0.15, 0.2) is 42.9 Å². The Morgan fingerprint density at radius 2 is 2.08 bits per heavy atom. The molecule has 1 aromatic carbocycles. The lowest BCUT2D eigenvalue weighted by atomic mass is 9.85. The smallest absolute Gasteiger partial charge is 0.318 e. The molecule has 9 heteroatoms. The van der Waals surface area contributed by atoms with Crippen molar-refractivity contribution in [3.8, 4) is 11.3 Å². The fourth-order valence-corrected chi connectivity index (χ4v) is 5.42. The van der Waals surface area contributed by atoms with Gasteiger partial charge in [0, 0.05) is 25.0 Å². The average Bonchev–Trinajstić information content (AvgIpc) is 3.12. The fraction of sp³-hybridized carbons (Fsp3) is 0.481. The standard InChI is InChI=1S/C27H35N7O2/c1-18(2)13-27(36)16-34(17-27)26(35)32-24-7-5-4-6-19-12-20(8-9-22(19)24)23-10-11-28-25(31-23)30-21-14-29-33(3)15-21/h8-12,14-15,18,24,36H,4-7,13,16-17H2,1-3H3,(H,32,35)(H,28,30,31). The van der Waals surface area contributed by atoms with Crippen LogP contribution in [0.1, 0.15) is 56.7 Å². The third-order valence-corrected chi connectivity index (χ3v) is 6.96. The van der Waals surface area contributed by atoms with Crippen molar-refractivity contribution in [1.29, 1.82) is 0 Å². The minimum atomic E-state index is -0.746. The molecule has 0 radical (unpaired) electrons. The minimum Gasteiger partial charge on any atom is -0.386 e. The summed E-state index contributed by atoms with van der Waals surface area (Å²) < 4.78 is 1.72. The number of aryl methyl sites for hydroxylation is 2. The van der Waals surface area contributed by atoms with E-state index in [9.17, 15) is 9.90 Å². The summed E-state index contributed by atoms with van der Waals surface area (Å²) in [4.78, 5) is 23.7. The number of benzene rings is 1. The first kappa shape index (κ1) is 24.2. The summed E-state index contributed by atoms with van der Waals surface area (Å²) in [6.45, 7) is 4.99. The lowest BCUT2D eigenvalue weighted by Gasteiger charge is -2.47. The second-order valence-electron chi connectivity index (χ2n) is 10.6. The maximum absolute atomic E-state index is 12.9. The highest BCUT2D eigenvalue weighted by Crippen LogP contribution is 2.33. The van der Waals surface area contributed by atoms with E-state index in [4.69, 9.17) is 4.98 Å². The number of anilines is 2. The Balaban J connectivity index is 1.30. The molecule has 2 aliphatic rings. The zero-order chi connectivity index (χ0) is 25.3. The number of likely N-dealkylation sites (tertiary alicyclic amines) is 1. The summed E-state index contributed by atoms with van der Waals surface area (Å²) in [5.74, 6) is 0.924. The van der Waals surface area contributed by atoms with Crippen LogP contribution >= 0.6 is 0 Å². The van der Waals surface area contributed by atoms with Gasteiger partial charge in [0.15, 0.2) is 0 Å². The summed E-state index contributed by atoms with van der Waals surface area (Å²) in [7, 11) is 1.87. The molecule has 1 aliphatic carbocycles. The van der Waals surface area contributed by atoms with Crippen molar-refractivity contribution in [3.05, 3.63) is 54.0 Å². The number of hydrogen-bond acceptors (Lipinski definition) is 6. The number of fused-ring (bicyclic) bond motifs is 1. The van der Waals surface area contributed by atoms with Crippen LogP contribution < -0.4 is 10.6 Å². The first-order valence-electron chi connectivity index (χ1n) is 12.8. The Labute approximate surface area is 212 Å². The van der Waals surface area contributed by atoms with Gasteiger partial charge in [-0.1, -0.05) is 32.4 Å². The van der Waals surface area contributed by atoms with Crippen LogP contribution in [0.4, 0.5) is 16.4 Å². The predicted octanol–water partition coefficient (Wildman–Crippen LogP) is 4.19. The van der Waals surface area contributed by atoms with Gasteiger partial charge in [-0.2, -0.15) is 5.10 Å². The van der Waals surface area contributed by atoms with Crippen molar-refractivity contribution in [2.75, 3.05) is 18.4 Å². The van der Waals surface area contributed by atoms with Crippen molar-refractivity contribution in [1.82, 2.24) is 30.0 Å². The summed E-state index contributed by atoms with van der Waals surface area (Å²) in [5, 5.41) is 21.2. The maximum Gasteiger partial charge on any atom is 0.318 e. The molecule has 3 N–H and O–H groups in total. The van der Waals surface area contributed by atoms with Crippen LogP contribution in [0.25, 0.3) is 11.3 Å². The van der Waals surface area contributed by atoms with E-state index in [2.05, 4.69) is 52.8 Å². The molecule has 1 unspecified atom stereocenters. The van der Waals surface area contributed by atoms with Gasteiger partial charge >= 0.3 is 6.03 Å².